The van der Waals surface area contributed by atoms with Gasteiger partial charge in [-0.15, -0.1) is 0 Å². The molecule has 62 valence electrons. The van der Waals surface area contributed by atoms with Crippen molar-refractivity contribution in [2.24, 2.45) is 0 Å². The van der Waals surface area contributed by atoms with Gasteiger partial charge in [0.2, 0.25) is 0 Å². The number of aliphatic carboxylic acids is 1. The van der Waals surface area contributed by atoms with Gasteiger partial charge in [-0.3, -0.25) is 4.79 Å². The van der Waals surface area contributed by atoms with E-state index in [4.69, 9.17) is 5.11 Å². The van der Waals surface area contributed by atoms with E-state index in [1.807, 2.05) is 31.2 Å². The van der Waals surface area contributed by atoms with Crippen LogP contribution in [0.2, 0.25) is 0 Å². The maximum absolute atomic E-state index is 10.3. The van der Waals surface area contributed by atoms with E-state index in [1.165, 1.54) is 0 Å². The molecule has 0 aliphatic carbocycles. The molecule has 0 unspecified atom stereocenters. The van der Waals surface area contributed by atoms with Crippen molar-refractivity contribution < 1.29 is 9.90 Å². The van der Waals surface area contributed by atoms with E-state index in [2.05, 4.69) is 0 Å². The zero-order chi connectivity index (χ0) is 8.27. The highest BCUT2D eigenvalue weighted by atomic mass is 24.3. The Hall–Kier alpha value is -0.544. The van der Waals surface area contributed by atoms with Crippen LogP contribution in [0.25, 0.3) is 0 Å². The van der Waals surface area contributed by atoms with Crippen LogP contribution in [-0.4, -0.2) is 34.1 Å². The Morgan fingerprint density at radius 3 is 2.25 bits per heavy atom. The second-order valence-corrected chi connectivity index (χ2v) is 2.56. The Morgan fingerprint density at radius 2 is 1.83 bits per heavy atom. The van der Waals surface area contributed by atoms with Gasteiger partial charge in [0.15, 0.2) is 0 Å². The molecule has 0 aliphatic rings. The molecule has 0 radical (unpaired) electrons. The number of aryl methyl sites for hydroxylation is 1. The summed E-state index contributed by atoms with van der Waals surface area (Å²) in [7, 11) is 0. The van der Waals surface area contributed by atoms with Gasteiger partial charge in [-0.2, -0.15) is 0 Å². The molecule has 1 aromatic carbocycles. The number of rotatable bonds is 2. The van der Waals surface area contributed by atoms with Crippen LogP contribution < -0.4 is 0 Å². The van der Waals surface area contributed by atoms with Gasteiger partial charge < -0.3 is 5.11 Å². The van der Waals surface area contributed by atoms with Gasteiger partial charge in [-0.25, -0.2) is 0 Å². The first-order chi connectivity index (χ1) is 5.18. The zero-order valence-electron chi connectivity index (χ0n) is 6.37. The number of hydrogen-bond donors (Lipinski definition) is 1. The highest BCUT2D eigenvalue weighted by Crippen LogP contribution is 2.03. The molecule has 0 bridgehead atoms. The van der Waals surface area contributed by atoms with Crippen molar-refractivity contribution in [3.63, 3.8) is 0 Å². The van der Waals surface area contributed by atoms with Crippen molar-refractivity contribution in [2.45, 2.75) is 13.3 Å². The lowest BCUT2D eigenvalue weighted by Crippen LogP contribution is -1.99. The van der Waals surface area contributed by atoms with E-state index in [9.17, 15) is 4.79 Å². The third-order valence-electron chi connectivity index (χ3n) is 1.48. The Morgan fingerprint density at radius 1 is 1.33 bits per heavy atom. The molecule has 0 amide bonds. The second-order valence-electron chi connectivity index (χ2n) is 2.56. The number of hydrogen-bond acceptors (Lipinski definition) is 1. The minimum absolute atomic E-state index is 0. The lowest BCUT2D eigenvalue weighted by Gasteiger charge is -1.96. The van der Waals surface area contributed by atoms with Gasteiger partial charge in [-0.1, -0.05) is 29.8 Å². The largest absolute Gasteiger partial charge is 0.481 e. The zero-order valence-corrected chi connectivity index (χ0v) is 6.37. The molecule has 1 N–H and O–H groups in total. The molecule has 0 aromatic heterocycles. The summed E-state index contributed by atoms with van der Waals surface area (Å²) in [5, 5.41) is 8.44. The number of carbonyl (C=O) groups is 1. The van der Waals surface area contributed by atoms with Gasteiger partial charge in [0.05, 0.1) is 6.42 Å². The topological polar surface area (TPSA) is 37.3 Å². The number of benzene rings is 1. The van der Waals surface area contributed by atoms with Crippen LogP contribution in [0, 0.1) is 6.92 Å². The van der Waals surface area contributed by atoms with Gasteiger partial charge in [0.25, 0.3) is 0 Å². The Kier molecular flexibility index (Phi) is 4.93. The Bertz CT molecular complexity index is 254. The van der Waals surface area contributed by atoms with Crippen molar-refractivity contribution in [3.05, 3.63) is 35.4 Å². The molecule has 0 spiro atoms. The summed E-state index contributed by atoms with van der Waals surface area (Å²) >= 11 is 0. The highest BCUT2D eigenvalue weighted by molar-refractivity contribution is 5.75. The Balaban J connectivity index is 0.00000121. The first kappa shape index (κ1) is 11.5. The monoisotopic (exact) mass is 176 g/mol. The third kappa shape index (κ3) is 3.73. The fourth-order valence-corrected chi connectivity index (χ4v) is 0.881. The Labute approximate surface area is 87.8 Å². The van der Waals surface area contributed by atoms with Crippen LogP contribution in [0.5, 0.6) is 0 Å². The van der Waals surface area contributed by atoms with E-state index < -0.39 is 5.97 Å². The molecule has 1 rings (SSSR count). The van der Waals surface area contributed by atoms with Crippen molar-refractivity contribution in [1.82, 2.24) is 0 Å². The van der Waals surface area contributed by atoms with E-state index in [0.717, 1.165) is 11.1 Å². The first-order valence-corrected chi connectivity index (χ1v) is 3.46. The van der Waals surface area contributed by atoms with Crippen molar-refractivity contribution in [3.8, 4) is 0 Å². The van der Waals surface area contributed by atoms with Crippen molar-refractivity contribution in [1.29, 1.82) is 0 Å². The van der Waals surface area contributed by atoms with E-state index >= 15 is 0 Å². The molecule has 3 heteroatoms. The highest BCUT2D eigenvalue weighted by Gasteiger charge is 1.97. The maximum Gasteiger partial charge on any atom is 0.316 e. The number of carboxylic acids is 1. The van der Waals surface area contributed by atoms with Gasteiger partial charge in [0.1, 0.15) is 0 Å². The van der Waals surface area contributed by atoms with Crippen LogP contribution in [0.15, 0.2) is 24.3 Å². The molecule has 12 heavy (non-hydrogen) atoms. The average molecular weight is 176 g/mol. The van der Waals surface area contributed by atoms with Gasteiger partial charge in [-0.05, 0) is 12.5 Å². The first-order valence-electron chi connectivity index (χ1n) is 3.46. The molecule has 0 saturated heterocycles. The van der Waals surface area contributed by atoms with Crippen LogP contribution in [-0.2, 0) is 11.2 Å². The smallest absolute Gasteiger partial charge is 0.316 e. The summed E-state index contributed by atoms with van der Waals surface area (Å²) in [4.78, 5) is 10.3. The van der Waals surface area contributed by atoms with Crippen LogP contribution in [0.4, 0.5) is 0 Å². The predicted octanol–water partition coefficient (Wildman–Crippen LogP) is 0.706. The average Bonchev–Trinajstić information content (AvgIpc) is 1.93. The quantitative estimate of drug-likeness (QED) is 0.674. The lowest BCUT2D eigenvalue weighted by molar-refractivity contribution is -0.136. The van der Waals surface area contributed by atoms with Crippen LogP contribution >= 0.6 is 0 Å². The van der Waals surface area contributed by atoms with E-state index in [-0.39, 0.29) is 29.5 Å². The van der Waals surface area contributed by atoms with E-state index in [0.29, 0.717) is 0 Å². The van der Waals surface area contributed by atoms with E-state index in [1.54, 1.807) is 0 Å². The summed E-state index contributed by atoms with van der Waals surface area (Å²) < 4.78 is 0. The van der Waals surface area contributed by atoms with Gasteiger partial charge >= 0.3 is 29.0 Å². The van der Waals surface area contributed by atoms with Crippen molar-refractivity contribution in [2.75, 3.05) is 0 Å². The molecule has 0 aliphatic heterocycles. The maximum atomic E-state index is 10.3. The summed E-state index contributed by atoms with van der Waals surface area (Å²) in [5.74, 6) is -0.783. The molecule has 0 saturated carbocycles. The lowest BCUT2D eigenvalue weighted by atomic mass is 10.1. The summed E-state index contributed by atoms with van der Waals surface area (Å²) in [6.07, 6.45) is 0.111. The number of carboxylic acid groups (broad SMARTS) is 1. The molecular weight excluding hydrogens is 164 g/mol. The fraction of sp³-hybridized carbons (Fsp3) is 0.222. The fourth-order valence-electron chi connectivity index (χ4n) is 0.881. The van der Waals surface area contributed by atoms with Crippen molar-refractivity contribution >= 4 is 29.0 Å². The van der Waals surface area contributed by atoms with Gasteiger partial charge in [0, 0.05) is 0 Å². The SMILES string of the molecule is Cc1ccc(CC(=O)O)cc1.[MgH2]. The minimum Gasteiger partial charge on any atom is -0.481 e. The molecule has 2 nitrogen and oxygen atoms in total. The summed E-state index contributed by atoms with van der Waals surface area (Å²) in [5.41, 5.74) is 2.00. The molecular formula is C9H12MgO2. The van der Waals surface area contributed by atoms with Crippen LogP contribution in [0.3, 0.4) is 0 Å². The second kappa shape index (κ2) is 5.16. The summed E-state index contributed by atoms with van der Waals surface area (Å²) in [6, 6.07) is 7.50. The van der Waals surface area contributed by atoms with Crippen LogP contribution in [0.1, 0.15) is 11.1 Å². The minimum atomic E-state index is -0.783. The molecule has 0 fully saturated rings. The molecule has 0 heterocycles. The standard InChI is InChI=1S/C9H10O2.Mg.2H/c1-7-2-4-8(5-3-7)6-9(10)11;;;/h2-5H,6H2,1H3,(H,10,11);;;. The predicted molar refractivity (Wildman–Crippen MR) is 51.1 cm³/mol. The normalized spacial score (nSPS) is 8.75. The third-order valence-corrected chi connectivity index (χ3v) is 1.48. The molecule has 1 aromatic rings. The summed E-state index contributed by atoms with van der Waals surface area (Å²) in [6.45, 7) is 1.98. The molecule has 0 atom stereocenters.